The molecule has 0 saturated heterocycles. The van der Waals surface area contributed by atoms with Gasteiger partial charge in [0.1, 0.15) is 0 Å². The van der Waals surface area contributed by atoms with Gasteiger partial charge in [-0.3, -0.25) is 0 Å². The zero-order valence-electron chi connectivity index (χ0n) is 16.7. The highest BCUT2D eigenvalue weighted by Crippen LogP contribution is 2.37. The van der Waals surface area contributed by atoms with Gasteiger partial charge in [-0.25, -0.2) is 0 Å². The maximum absolute atomic E-state index is 2.31. The van der Waals surface area contributed by atoms with E-state index in [-0.39, 0.29) is 0 Å². The minimum Gasteiger partial charge on any atom is -0.347 e. The maximum Gasteiger partial charge on any atom is 0.0559 e. The average molecular weight is 362 g/mol. The zero-order chi connectivity index (χ0) is 19.2. The number of nitrogens with zero attached hydrogens (tertiary/aromatic N) is 2. The molecule has 4 aromatic carbocycles. The van der Waals surface area contributed by atoms with Crippen molar-refractivity contribution in [3.05, 3.63) is 72.1 Å². The molecule has 136 valence electrons. The van der Waals surface area contributed by atoms with Crippen LogP contribution in [0.2, 0.25) is 0 Å². The fraction of sp³-hybridized carbons (Fsp3) is 0.154. The first-order chi connectivity index (χ1) is 13.5. The van der Waals surface area contributed by atoms with Crippen molar-refractivity contribution in [2.45, 2.75) is 13.8 Å². The summed E-state index contributed by atoms with van der Waals surface area (Å²) in [6, 6.07) is 22.9. The van der Waals surface area contributed by atoms with E-state index in [4.69, 9.17) is 0 Å². The van der Waals surface area contributed by atoms with Crippen LogP contribution in [0.25, 0.3) is 54.1 Å². The second-order valence-corrected chi connectivity index (χ2v) is 8.11. The van der Waals surface area contributed by atoms with Crippen LogP contribution < -0.4 is 0 Å². The number of hydrogen-bond acceptors (Lipinski definition) is 0. The number of hydrogen-bond donors (Lipinski definition) is 0. The summed E-state index contributed by atoms with van der Waals surface area (Å²) in [5.74, 6) is 0. The Hall–Kier alpha value is -3.26. The van der Waals surface area contributed by atoms with Gasteiger partial charge in [0.2, 0.25) is 0 Å². The Morgan fingerprint density at radius 2 is 0.786 bits per heavy atom. The Bertz CT molecular complexity index is 1470. The molecule has 0 saturated carbocycles. The Morgan fingerprint density at radius 1 is 0.464 bits per heavy atom. The van der Waals surface area contributed by atoms with Gasteiger partial charge in [-0.15, -0.1) is 0 Å². The highest BCUT2D eigenvalue weighted by molar-refractivity contribution is 6.24. The van der Waals surface area contributed by atoms with Gasteiger partial charge in [0.25, 0.3) is 0 Å². The predicted molar refractivity (Wildman–Crippen MR) is 121 cm³/mol. The van der Waals surface area contributed by atoms with Crippen molar-refractivity contribution in [3.8, 4) is 0 Å². The summed E-state index contributed by atoms with van der Waals surface area (Å²) < 4.78 is 4.61. The molecule has 2 heteroatoms. The van der Waals surface area contributed by atoms with E-state index in [1.807, 2.05) is 0 Å². The number of fused-ring (bicyclic) bond motifs is 9. The second-order valence-electron chi connectivity index (χ2n) is 8.11. The van der Waals surface area contributed by atoms with Gasteiger partial charge in [0.15, 0.2) is 0 Å². The molecule has 0 unspecified atom stereocenters. The van der Waals surface area contributed by atoms with E-state index in [0.29, 0.717) is 0 Å². The quantitative estimate of drug-likeness (QED) is 0.265. The Balaban J connectivity index is 1.81. The van der Waals surface area contributed by atoms with Crippen LogP contribution in [0, 0.1) is 13.8 Å². The molecule has 0 radical (unpaired) electrons. The van der Waals surface area contributed by atoms with E-state index in [2.05, 4.69) is 97.7 Å². The predicted octanol–water partition coefficient (Wildman–Crippen LogP) is 6.75. The summed E-state index contributed by atoms with van der Waals surface area (Å²) in [7, 11) is 4.33. The Labute approximate surface area is 163 Å². The number of aryl methyl sites for hydroxylation is 4. The monoisotopic (exact) mass is 362 g/mol. The zero-order valence-corrected chi connectivity index (χ0v) is 16.7. The molecule has 0 bridgehead atoms. The molecule has 0 N–H and O–H groups in total. The van der Waals surface area contributed by atoms with E-state index < -0.39 is 0 Å². The van der Waals surface area contributed by atoms with Gasteiger partial charge in [0.05, 0.1) is 11.0 Å². The fourth-order valence-corrected chi connectivity index (χ4v) is 5.02. The standard InChI is InChI=1S/C26H22N2/c1-15-13-17-5-7-21-19-10-12-24-22(8-6-18-14-16(2)28(4)26(18)24)20(19)9-11-23(21)25(17)27(15)3/h5-14H,1-4H3. The van der Waals surface area contributed by atoms with Crippen LogP contribution in [-0.4, -0.2) is 9.13 Å². The molecule has 0 amide bonds. The van der Waals surface area contributed by atoms with Gasteiger partial charge in [-0.05, 0) is 47.5 Å². The Kier molecular flexibility index (Phi) is 2.91. The van der Waals surface area contributed by atoms with Gasteiger partial charge in [-0.1, -0.05) is 48.5 Å². The summed E-state index contributed by atoms with van der Waals surface area (Å²) in [5, 5.41) is 10.6. The SMILES string of the molecule is Cc1cc2ccc3c4ccc5c(ccc6cc(C)n(C)c65)c4ccc3c2n1C. The lowest BCUT2D eigenvalue weighted by Crippen LogP contribution is -1.92. The molecule has 2 nitrogen and oxygen atoms in total. The van der Waals surface area contributed by atoms with Crippen molar-refractivity contribution in [1.29, 1.82) is 0 Å². The number of aromatic nitrogens is 2. The van der Waals surface area contributed by atoms with Crippen LogP contribution in [0.5, 0.6) is 0 Å². The topological polar surface area (TPSA) is 9.86 Å². The molecular weight excluding hydrogens is 340 g/mol. The molecule has 6 rings (SSSR count). The smallest absolute Gasteiger partial charge is 0.0559 e. The van der Waals surface area contributed by atoms with Gasteiger partial charge < -0.3 is 9.13 Å². The van der Waals surface area contributed by atoms with Crippen molar-refractivity contribution >= 4 is 54.1 Å². The third-order valence-electron chi connectivity index (χ3n) is 6.66. The lowest BCUT2D eigenvalue weighted by atomic mass is 9.95. The molecule has 28 heavy (non-hydrogen) atoms. The largest absolute Gasteiger partial charge is 0.347 e. The van der Waals surface area contributed by atoms with Crippen molar-refractivity contribution in [2.24, 2.45) is 14.1 Å². The molecule has 0 fully saturated rings. The van der Waals surface area contributed by atoms with Crippen molar-refractivity contribution < 1.29 is 0 Å². The van der Waals surface area contributed by atoms with Crippen LogP contribution in [0.1, 0.15) is 11.4 Å². The number of benzene rings is 4. The summed E-state index contributed by atoms with van der Waals surface area (Å²) in [6.07, 6.45) is 0. The maximum atomic E-state index is 2.31. The first kappa shape index (κ1) is 15.8. The van der Waals surface area contributed by atoms with Crippen molar-refractivity contribution in [3.63, 3.8) is 0 Å². The lowest BCUT2D eigenvalue weighted by Gasteiger charge is -2.11. The van der Waals surface area contributed by atoms with Crippen molar-refractivity contribution in [1.82, 2.24) is 9.13 Å². The van der Waals surface area contributed by atoms with Crippen LogP contribution in [0.15, 0.2) is 60.7 Å². The number of rotatable bonds is 0. The highest BCUT2D eigenvalue weighted by Gasteiger charge is 2.13. The van der Waals surface area contributed by atoms with Crippen LogP contribution in [0.4, 0.5) is 0 Å². The molecule has 6 aromatic rings. The molecule has 2 heterocycles. The highest BCUT2D eigenvalue weighted by atomic mass is 14.9. The fourth-order valence-electron chi connectivity index (χ4n) is 5.02. The molecule has 0 aliphatic rings. The second kappa shape index (κ2) is 5.17. The minimum absolute atomic E-state index is 1.29. The van der Waals surface area contributed by atoms with Crippen molar-refractivity contribution in [2.75, 3.05) is 0 Å². The summed E-state index contributed by atoms with van der Waals surface area (Å²) in [4.78, 5) is 0. The van der Waals surface area contributed by atoms with E-state index in [1.165, 1.54) is 65.5 Å². The molecule has 0 aliphatic carbocycles. The third kappa shape index (κ3) is 1.83. The third-order valence-corrected chi connectivity index (χ3v) is 6.66. The van der Waals surface area contributed by atoms with Gasteiger partial charge in [0, 0.05) is 47.0 Å². The summed E-state index contributed by atoms with van der Waals surface area (Å²) >= 11 is 0. The average Bonchev–Trinajstić information content (AvgIpc) is 3.16. The molecule has 0 spiro atoms. The van der Waals surface area contributed by atoms with Gasteiger partial charge >= 0.3 is 0 Å². The van der Waals surface area contributed by atoms with Gasteiger partial charge in [-0.2, -0.15) is 0 Å². The summed E-state index contributed by atoms with van der Waals surface area (Å²) in [6.45, 7) is 4.35. The van der Waals surface area contributed by atoms with Crippen LogP contribution in [-0.2, 0) is 14.1 Å². The first-order valence-electron chi connectivity index (χ1n) is 9.84. The molecule has 0 aliphatic heterocycles. The minimum atomic E-state index is 1.29. The normalized spacial score (nSPS) is 12.3. The van der Waals surface area contributed by atoms with E-state index in [9.17, 15) is 0 Å². The molecule has 0 atom stereocenters. The molecular formula is C26H22N2. The lowest BCUT2D eigenvalue weighted by molar-refractivity contribution is 0.921. The van der Waals surface area contributed by atoms with Crippen LogP contribution >= 0.6 is 0 Å². The first-order valence-corrected chi connectivity index (χ1v) is 9.84. The summed E-state index contributed by atoms with van der Waals surface area (Å²) in [5.41, 5.74) is 5.24. The van der Waals surface area contributed by atoms with Crippen LogP contribution in [0.3, 0.4) is 0 Å². The van der Waals surface area contributed by atoms with E-state index in [1.54, 1.807) is 0 Å². The Morgan fingerprint density at radius 3 is 1.21 bits per heavy atom. The van der Waals surface area contributed by atoms with E-state index >= 15 is 0 Å². The molecule has 2 aromatic heterocycles. The van der Waals surface area contributed by atoms with E-state index in [0.717, 1.165) is 0 Å².